The molecule has 18 heavy (non-hydrogen) atoms. The third kappa shape index (κ3) is 3.93. The summed E-state index contributed by atoms with van der Waals surface area (Å²) in [6.45, 7) is 8.22. The number of hydrogen-bond acceptors (Lipinski definition) is 4. The maximum Gasteiger partial charge on any atom is 0.248 e. The van der Waals surface area contributed by atoms with Crippen LogP contribution < -0.4 is 0 Å². The van der Waals surface area contributed by atoms with E-state index in [1.54, 1.807) is 0 Å². The number of hydrogen-bond donors (Lipinski definition) is 0. The molecule has 5 nitrogen and oxygen atoms in total. The molecule has 0 bridgehead atoms. The number of ether oxygens (including phenoxy) is 2. The zero-order valence-electron chi connectivity index (χ0n) is 11.3. The molecule has 2 fully saturated rings. The van der Waals surface area contributed by atoms with E-state index in [4.69, 9.17) is 9.47 Å². The van der Waals surface area contributed by atoms with E-state index >= 15 is 0 Å². The third-order valence-corrected chi connectivity index (χ3v) is 3.64. The first-order valence-corrected chi connectivity index (χ1v) is 6.99. The lowest BCUT2D eigenvalue weighted by Gasteiger charge is -2.35. The van der Waals surface area contributed by atoms with Gasteiger partial charge in [-0.05, 0) is 19.8 Å². The Labute approximate surface area is 109 Å². The summed E-state index contributed by atoms with van der Waals surface area (Å²) in [4.78, 5) is 16.1. The summed E-state index contributed by atoms with van der Waals surface area (Å²) in [7, 11) is 0. The van der Waals surface area contributed by atoms with Crippen LogP contribution in [0.3, 0.4) is 0 Å². The highest BCUT2D eigenvalue weighted by atomic mass is 16.5. The van der Waals surface area contributed by atoms with Gasteiger partial charge in [-0.2, -0.15) is 0 Å². The Morgan fingerprint density at radius 1 is 1.33 bits per heavy atom. The number of rotatable bonds is 5. The molecule has 2 aliphatic heterocycles. The Hall–Kier alpha value is -0.650. The topological polar surface area (TPSA) is 42.0 Å². The fourth-order valence-corrected chi connectivity index (χ4v) is 2.54. The van der Waals surface area contributed by atoms with Gasteiger partial charge in [-0.25, -0.2) is 0 Å². The van der Waals surface area contributed by atoms with Crippen LogP contribution in [-0.4, -0.2) is 74.4 Å². The molecule has 2 heterocycles. The van der Waals surface area contributed by atoms with Gasteiger partial charge in [-0.15, -0.1) is 0 Å². The van der Waals surface area contributed by atoms with Crippen LogP contribution in [0.15, 0.2) is 0 Å². The molecule has 0 N–H and O–H groups in total. The predicted molar refractivity (Wildman–Crippen MR) is 68.5 cm³/mol. The molecule has 0 aromatic heterocycles. The summed E-state index contributed by atoms with van der Waals surface area (Å²) < 4.78 is 10.8. The minimum Gasteiger partial charge on any atom is -0.377 e. The molecule has 1 amide bonds. The average Bonchev–Trinajstić information content (AvgIpc) is 2.89. The highest BCUT2D eigenvalue weighted by Gasteiger charge is 2.24. The van der Waals surface area contributed by atoms with Crippen molar-refractivity contribution in [2.24, 2.45) is 0 Å². The predicted octanol–water partition coefficient (Wildman–Crippen LogP) is 0.346. The number of amides is 1. The molecule has 5 heteroatoms. The molecule has 0 aliphatic carbocycles. The Balaban J connectivity index is 1.65. The van der Waals surface area contributed by atoms with Crippen molar-refractivity contribution < 1.29 is 14.3 Å². The Morgan fingerprint density at radius 2 is 2.11 bits per heavy atom. The number of carbonyl (C=O) groups is 1. The Bertz CT molecular complexity index is 259. The fraction of sp³-hybridized carbons (Fsp3) is 0.923. The van der Waals surface area contributed by atoms with Gasteiger partial charge in [-0.1, -0.05) is 0 Å². The van der Waals surface area contributed by atoms with E-state index in [2.05, 4.69) is 4.90 Å². The summed E-state index contributed by atoms with van der Waals surface area (Å²) in [5.74, 6) is 0.119. The lowest BCUT2D eigenvalue weighted by molar-refractivity contribution is -0.137. The Morgan fingerprint density at radius 3 is 2.72 bits per heavy atom. The van der Waals surface area contributed by atoms with Crippen LogP contribution in [0.1, 0.15) is 19.8 Å². The zero-order chi connectivity index (χ0) is 12.8. The van der Waals surface area contributed by atoms with Crippen LogP contribution in [0, 0.1) is 0 Å². The van der Waals surface area contributed by atoms with Crippen LogP contribution in [-0.2, 0) is 14.3 Å². The standard InChI is InChI=1S/C13H24N2O3/c1-2-17-11-13(16)15-7-5-14(6-8-15)10-12-4-3-9-18-12/h12H,2-11H2,1H3. The number of piperazine rings is 1. The van der Waals surface area contributed by atoms with Crippen LogP contribution in [0.2, 0.25) is 0 Å². The van der Waals surface area contributed by atoms with E-state index in [1.165, 1.54) is 12.8 Å². The maximum absolute atomic E-state index is 11.8. The molecule has 104 valence electrons. The maximum atomic E-state index is 11.8. The quantitative estimate of drug-likeness (QED) is 0.711. The van der Waals surface area contributed by atoms with Gasteiger partial charge in [0.05, 0.1) is 6.10 Å². The van der Waals surface area contributed by atoms with Crippen molar-refractivity contribution in [1.82, 2.24) is 9.80 Å². The summed E-state index contributed by atoms with van der Waals surface area (Å²) >= 11 is 0. The second-order valence-corrected chi connectivity index (χ2v) is 4.95. The molecular weight excluding hydrogens is 232 g/mol. The van der Waals surface area contributed by atoms with Crippen LogP contribution >= 0.6 is 0 Å². The second kappa shape index (κ2) is 7.07. The van der Waals surface area contributed by atoms with Gasteiger partial charge in [0.1, 0.15) is 6.61 Å². The molecule has 2 rings (SSSR count). The molecule has 0 saturated carbocycles. The van der Waals surface area contributed by atoms with Gasteiger partial charge in [0.2, 0.25) is 5.91 Å². The van der Waals surface area contributed by atoms with Crippen molar-refractivity contribution in [2.45, 2.75) is 25.9 Å². The summed E-state index contributed by atoms with van der Waals surface area (Å²) in [5, 5.41) is 0. The molecule has 0 spiro atoms. The highest BCUT2D eigenvalue weighted by Crippen LogP contribution is 2.14. The molecular formula is C13H24N2O3. The zero-order valence-corrected chi connectivity index (χ0v) is 11.3. The summed E-state index contributed by atoms with van der Waals surface area (Å²) in [6, 6.07) is 0. The van der Waals surface area contributed by atoms with E-state index in [0.29, 0.717) is 12.7 Å². The second-order valence-electron chi connectivity index (χ2n) is 4.95. The molecule has 0 aromatic rings. The van der Waals surface area contributed by atoms with Gasteiger partial charge in [-0.3, -0.25) is 9.69 Å². The SMILES string of the molecule is CCOCC(=O)N1CCN(CC2CCCO2)CC1. The molecule has 1 unspecified atom stereocenters. The van der Waals surface area contributed by atoms with E-state index in [-0.39, 0.29) is 12.5 Å². The highest BCUT2D eigenvalue weighted by molar-refractivity contribution is 5.77. The minimum absolute atomic E-state index is 0.119. The average molecular weight is 256 g/mol. The molecule has 1 atom stereocenters. The first kappa shape index (κ1) is 13.8. The summed E-state index contributed by atoms with van der Waals surface area (Å²) in [6.07, 6.45) is 2.79. The van der Waals surface area contributed by atoms with Gasteiger partial charge in [0.25, 0.3) is 0 Å². The van der Waals surface area contributed by atoms with Crippen molar-refractivity contribution in [3.63, 3.8) is 0 Å². The van der Waals surface area contributed by atoms with Crippen molar-refractivity contribution in [2.75, 3.05) is 52.5 Å². The molecule has 0 radical (unpaired) electrons. The van der Waals surface area contributed by atoms with Gasteiger partial charge < -0.3 is 14.4 Å². The van der Waals surface area contributed by atoms with E-state index in [0.717, 1.165) is 39.3 Å². The normalized spacial score (nSPS) is 25.6. The monoisotopic (exact) mass is 256 g/mol. The minimum atomic E-state index is 0.119. The van der Waals surface area contributed by atoms with Crippen LogP contribution in [0.5, 0.6) is 0 Å². The third-order valence-electron chi connectivity index (χ3n) is 3.64. The lowest BCUT2D eigenvalue weighted by Crippen LogP contribution is -2.51. The van der Waals surface area contributed by atoms with Crippen LogP contribution in [0.25, 0.3) is 0 Å². The van der Waals surface area contributed by atoms with Crippen molar-refractivity contribution in [1.29, 1.82) is 0 Å². The van der Waals surface area contributed by atoms with Gasteiger partial charge in [0, 0.05) is 45.9 Å². The summed E-state index contributed by atoms with van der Waals surface area (Å²) in [5.41, 5.74) is 0. The fourth-order valence-electron chi connectivity index (χ4n) is 2.54. The van der Waals surface area contributed by atoms with E-state index in [9.17, 15) is 4.79 Å². The molecule has 2 aliphatic rings. The van der Waals surface area contributed by atoms with E-state index in [1.807, 2.05) is 11.8 Å². The number of carbonyl (C=O) groups excluding carboxylic acids is 1. The molecule has 0 aromatic carbocycles. The first-order chi connectivity index (χ1) is 8.79. The number of nitrogens with zero attached hydrogens (tertiary/aromatic N) is 2. The smallest absolute Gasteiger partial charge is 0.248 e. The van der Waals surface area contributed by atoms with Crippen molar-refractivity contribution >= 4 is 5.91 Å². The van der Waals surface area contributed by atoms with Crippen molar-refractivity contribution in [3.05, 3.63) is 0 Å². The Kier molecular flexibility index (Phi) is 5.41. The lowest BCUT2D eigenvalue weighted by atomic mass is 10.2. The van der Waals surface area contributed by atoms with Crippen LogP contribution in [0.4, 0.5) is 0 Å². The van der Waals surface area contributed by atoms with Gasteiger partial charge in [0.15, 0.2) is 0 Å². The van der Waals surface area contributed by atoms with Crippen molar-refractivity contribution in [3.8, 4) is 0 Å². The van der Waals surface area contributed by atoms with Gasteiger partial charge >= 0.3 is 0 Å². The van der Waals surface area contributed by atoms with E-state index < -0.39 is 0 Å². The largest absolute Gasteiger partial charge is 0.377 e. The molecule has 2 saturated heterocycles. The first-order valence-electron chi connectivity index (χ1n) is 6.99.